The molecule has 0 aromatic carbocycles. The smallest absolute Gasteiger partial charge is 0.261 e. The van der Waals surface area contributed by atoms with Crippen molar-refractivity contribution < 1.29 is 9.90 Å². The molecule has 0 aliphatic carbocycles. The van der Waals surface area contributed by atoms with E-state index in [-0.39, 0.29) is 5.57 Å². The summed E-state index contributed by atoms with van der Waals surface area (Å²) in [4.78, 5) is 12.1. The van der Waals surface area contributed by atoms with Crippen molar-refractivity contribution in [1.82, 2.24) is 9.88 Å². The lowest BCUT2D eigenvalue weighted by Gasteiger charge is -2.11. The van der Waals surface area contributed by atoms with Crippen LogP contribution in [0.1, 0.15) is 50.6 Å². The largest absolute Gasteiger partial charge is 0.393 e. The molecule has 5 nitrogen and oxygen atoms in total. The van der Waals surface area contributed by atoms with E-state index in [0.717, 1.165) is 29.9 Å². The van der Waals surface area contributed by atoms with Crippen LogP contribution in [0.3, 0.4) is 0 Å². The van der Waals surface area contributed by atoms with Crippen molar-refractivity contribution in [1.29, 1.82) is 5.26 Å². The Morgan fingerprint density at radius 3 is 2.58 bits per heavy atom. The van der Waals surface area contributed by atoms with Gasteiger partial charge in [0.2, 0.25) is 0 Å². The highest BCUT2D eigenvalue weighted by molar-refractivity contribution is 6.01. The van der Waals surface area contributed by atoms with Crippen molar-refractivity contribution in [2.45, 2.75) is 60.1 Å². The van der Waals surface area contributed by atoms with Gasteiger partial charge in [-0.2, -0.15) is 5.26 Å². The Kier molecular flexibility index (Phi) is 7.73. The molecule has 0 saturated heterocycles. The van der Waals surface area contributed by atoms with Gasteiger partial charge in [0, 0.05) is 24.5 Å². The van der Waals surface area contributed by atoms with E-state index < -0.39 is 12.0 Å². The summed E-state index contributed by atoms with van der Waals surface area (Å²) in [6.45, 7) is 11.4. The molecule has 0 aliphatic heterocycles. The van der Waals surface area contributed by atoms with Gasteiger partial charge in [0.1, 0.15) is 11.6 Å². The molecular formula is C19H29N3O2. The van der Waals surface area contributed by atoms with E-state index in [4.69, 9.17) is 0 Å². The topological polar surface area (TPSA) is 78.1 Å². The van der Waals surface area contributed by atoms with Gasteiger partial charge in [-0.05, 0) is 57.2 Å². The Morgan fingerprint density at radius 1 is 1.38 bits per heavy atom. The summed E-state index contributed by atoms with van der Waals surface area (Å²) >= 11 is 0. The van der Waals surface area contributed by atoms with E-state index in [1.165, 1.54) is 0 Å². The molecule has 1 amide bonds. The van der Waals surface area contributed by atoms with Gasteiger partial charge in [-0.15, -0.1) is 0 Å². The van der Waals surface area contributed by atoms with Gasteiger partial charge in [0.25, 0.3) is 5.91 Å². The van der Waals surface area contributed by atoms with Crippen LogP contribution >= 0.6 is 0 Å². The quantitative estimate of drug-likeness (QED) is 0.568. The number of nitrogens with zero attached hydrogens (tertiary/aromatic N) is 2. The van der Waals surface area contributed by atoms with Crippen molar-refractivity contribution >= 4 is 12.0 Å². The van der Waals surface area contributed by atoms with Crippen LogP contribution in [0.4, 0.5) is 0 Å². The molecule has 1 atom stereocenters. The van der Waals surface area contributed by atoms with Gasteiger partial charge in [0.05, 0.1) is 6.10 Å². The average molecular weight is 331 g/mol. The molecule has 1 heterocycles. The van der Waals surface area contributed by atoms with Gasteiger partial charge in [-0.25, -0.2) is 0 Å². The highest BCUT2D eigenvalue weighted by atomic mass is 16.3. The lowest BCUT2D eigenvalue weighted by Crippen LogP contribution is -2.27. The summed E-state index contributed by atoms with van der Waals surface area (Å²) in [6.07, 6.45) is 2.73. The molecule has 0 fully saturated rings. The number of amides is 1. The fraction of sp³-hybridized carbons (Fsp3) is 0.579. The van der Waals surface area contributed by atoms with Crippen molar-refractivity contribution in [3.05, 3.63) is 28.6 Å². The minimum atomic E-state index is -0.473. The Hall–Kier alpha value is -2.06. The van der Waals surface area contributed by atoms with Crippen molar-refractivity contribution in [2.24, 2.45) is 5.92 Å². The summed E-state index contributed by atoms with van der Waals surface area (Å²) in [6, 6.07) is 3.98. The first kappa shape index (κ1) is 20.0. The average Bonchev–Trinajstić information content (AvgIpc) is 2.76. The molecule has 0 aliphatic rings. The van der Waals surface area contributed by atoms with Crippen LogP contribution in [0.2, 0.25) is 0 Å². The molecule has 1 aromatic rings. The van der Waals surface area contributed by atoms with Gasteiger partial charge in [-0.3, -0.25) is 4.79 Å². The second kappa shape index (κ2) is 9.29. The maximum atomic E-state index is 12.1. The Bertz CT molecular complexity index is 634. The molecule has 5 heteroatoms. The Labute approximate surface area is 145 Å². The second-order valence-electron chi connectivity index (χ2n) is 6.72. The fourth-order valence-corrected chi connectivity index (χ4v) is 2.50. The third kappa shape index (κ3) is 5.86. The van der Waals surface area contributed by atoms with E-state index in [1.54, 1.807) is 13.0 Å². The number of aryl methyl sites for hydroxylation is 1. The monoisotopic (exact) mass is 331 g/mol. The Morgan fingerprint density at radius 2 is 2.04 bits per heavy atom. The lowest BCUT2D eigenvalue weighted by molar-refractivity contribution is -0.117. The molecule has 24 heavy (non-hydrogen) atoms. The number of aromatic nitrogens is 1. The molecular weight excluding hydrogens is 302 g/mol. The third-order valence-corrected chi connectivity index (χ3v) is 4.06. The molecule has 0 spiro atoms. The van der Waals surface area contributed by atoms with Crippen LogP contribution in [-0.4, -0.2) is 28.2 Å². The SMILES string of the molecule is Cc1cc(C=C(C#N)C(=O)NCCC(C)O)c(C)n1CCC(C)C. The maximum Gasteiger partial charge on any atom is 0.261 e. The fourth-order valence-electron chi connectivity index (χ4n) is 2.50. The van der Waals surface area contributed by atoms with Gasteiger partial charge in [-0.1, -0.05) is 13.8 Å². The third-order valence-electron chi connectivity index (χ3n) is 4.06. The first-order valence-electron chi connectivity index (χ1n) is 8.51. The van der Waals surface area contributed by atoms with Crippen LogP contribution in [0, 0.1) is 31.1 Å². The summed E-state index contributed by atoms with van der Waals surface area (Å²) in [7, 11) is 0. The predicted molar refractivity (Wildman–Crippen MR) is 96.3 cm³/mol. The molecule has 2 N–H and O–H groups in total. The van der Waals surface area contributed by atoms with Crippen LogP contribution in [0.15, 0.2) is 11.6 Å². The maximum absolute atomic E-state index is 12.1. The number of carbonyl (C=O) groups is 1. The number of nitrogens with one attached hydrogen (secondary N) is 1. The van der Waals surface area contributed by atoms with Crippen LogP contribution in [0.5, 0.6) is 0 Å². The zero-order chi connectivity index (χ0) is 18.3. The zero-order valence-electron chi connectivity index (χ0n) is 15.4. The molecule has 132 valence electrons. The number of aliphatic hydroxyl groups excluding tert-OH is 1. The molecule has 1 unspecified atom stereocenters. The normalized spacial score (nSPS) is 13.0. The number of carbonyl (C=O) groups excluding carboxylic acids is 1. The Balaban J connectivity index is 2.91. The summed E-state index contributed by atoms with van der Waals surface area (Å²) < 4.78 is 2.23. The number of nitriles is 1. The molecule has 1 rings (SSSR count). The summed E-state index contributed by atoms with van der Waals surface area (Å²) in [5.41, 5.74) is 3.19. The van der Waals surface area contributed by atoms with Gasteiger partial charge in [0.15, 0.2) is 0 Å². The predicted octanol–water partition coefficient (Wildman–Crippen LogP) is 2.95. The van der Waals surface area contributed by atoms with Crippen molar-refractivity contribution in [2.75, 3.05) is 6.54 Å². The zero-order valence-corrected chi connectivity index (χ0v) is 15.4. The van der Waals surface area contributed by atoms with Crippen LogP contribution in [0.25, 0.3) is 6.08 Å². The van der Waals surface area contributed by atoms with Gasteiger partial charge < -0.3 is 15.0 Å². The minimum Gasteiger partial charge on any atom is -0.393 e. The standard InChI is InChI=1S/C19H29N3O2/c1-13(2)7-9-22-14(3)10-17(16(22)5)11-18(12-20)19(24)21-8-6-15(4)23/h10-11,13,15,23H,6-9H2,1-5H3,(H,21,24). The molecule has 0 saturated carbocycles. The minimum absolute atomic E-state index is 0.0877. The van der Waals surface area contributed by atoms with Crippen LogP contribution in [-0.2, 0) is 11.3 Å². The first-order chi connectivity index (χ1) is 11.3. The number of hydrogen-bond acceptors (Lipinski definition) is 3. The lowest BCUT2D eigenvalue weighted by atomic mass is 10.1. The second-order valence-corrected chi connectivity index (χ2v) is 6.72. The number of aliphatic hydroxyl groups is 1. The van der Waals surface area contributed by atoms with Crippen molar-refractivity contribution in [3.63, 3.8) is 0 Å². The first-order valence-corrected chi connectivity index (χ1v) is 8.51. The van der Waals surface area contributed by atoms with Gasteiger partial charge >= 0.3 is 0 Å². The molecule has 1 aromatic heterocycles. The molecule has 0 radical (unpaired) electrons. The number of rotatable bonds is 8. The number of hydrogen-bond donors (Lipinski definition) is 2. The highest BCUT2D eigenvalue weighted by Gasteiger charge is 2.13. The van der Waals surface area contributed by atoms with Crippen LogP contribution < -0.4 is 5.32 Å². The van der Waals surface area contributed by atoms with E-state index in [2.05, 4.69) is 23.7 Å². The molecule has 0 bridgehead atoms. The van der Waals surface area contributed by atoms with E-state index in [9.17, 15) is 15.2 Å². The van der Waals surface area contributed by atoms with Crippen molar-refractivity contribution in [3.8, 4) is 6.07 Å². The summed E-state index contributed by atoms with van der Waals surface area (Å²) in [5.74, 6) is 0.227. The highest BCUT2D eigenvalue weighted by Crippen LogP contribution is 2.19. The van der Waals surface area contributed by atoms with E-state index >= 15 is 0 Å². The van der Waals surface area contributed by atoms with E-state index in [1.807, 2.05) is 26.0 Å². The van der Waals surface area contributed by atoms with E-state index in [0.29, 0.717) is 18.9 Å². The summed E-state index contributed by atoms with van der Waals surface area (Å²) in [5, 5.41) is 21.2.